The van der Waals surface area contributed by atoms with Crippen LogP contribution >= 0.6 is 0 Å². The highest BCUT2D eigenvalue weighted by Gasteiger charge is 2.38. The second-order valence-corrected chi connectivity index (χ2v) is 3.17. The summed E-state index contributed by atoms with van der Waals surface area (Å²) in [7, 11) is 0. The van der Waals surface area contributed by atoms with Crippen molar-refractivity contribution in [1.82, 2.24) is 0 Å². The highest BCUT2D eigenvalue weighted by atomic mass is 19.3. The molecule has 14 heavy (non-hydrogen) atoms. The van der Waals surface area contributed by atoms with Crippen LogP contribution in [0.15, 0.2) is 24.3 Å². The molecule has 76 valence electrons. The summed E-state index contributed by atoms with van der Waals surface area (Å²) >= 11 is 0. The Balaban J connectivity index is 2.79. The highest BCUT2D eigenvalue weighted by molar-refractivity contribution is 5.75. The highest BCUT2D eigenvalue weighted by Crippen LogP contribution is 2.20. The summed E-state index contributed by atoms with van der Waals surface area (Å²) in [6.45, 7) is 1.83. The van der Waals surface area contributed by atoms with Crippen LogP contribution in [0.2, 0.25) is 0 Å². The number of hydrogen-bond donors (Lipinski definition) is 1. The molecule has 1 rings (SSSR count). The lowest BCUT2D eigenvalue weighted by Crippen LogP contribution is -2.30. The molecule has 0 aromatic heterocycles. The first-order valence-electron chi connectivity index (χ1n) is 4.08. The minimum atomic E-state index is -3.69. The zero-order valence-corrected chi connectivity index (χ0v) is 7.63. The van der Waals surface area contributed by atoms with E-state index in [0.717, 1.165) is 5.56 Å². The summed E-state index contributed by atoms with van der Waals surface area (Å²) in [6, 6.07) is 6.36. The number of carboxylic acids is 1. The summed E-state index contributed by atoms with van der Waals surface area (Å²) in [5, 5.41) is 8.21. The molecule has 2 nitrogen and oxygen atoms in total. The molecule has 0 atom stereocenters. The molecule has 0 aliphatic carbocycles. The van der Waals surface area contributed by atoms with Crippen molar-refractivity contribution < 1.29 is 18.7 Å². The van der Waals surface area contributed by atoms with Gasteiger partial charge in [-0.1, -0.05) is 29.8 Å². The van der Waals surface area contributed by atoms with Gasteiger partial charge >= 0.3 is 11.9 Å². The molecule has 0 aliphatic rings. The number of hydrogen-bond acceptors (Lipinski definition) is 1. The molecular weight excluding hydrogens is 190 g/mol. The van der Waals surface area contributed by atoms with E-state index in [0.29, 0.717) is 5.56 Å². The molecule has 0 aliphatic heterocycles. The van der Waals surface area contributed by atoms with Crippen molar-refractivity contribution in [2.75, 3.05) is 0 Å². The van der Waals surface area contributed by atoms with Crippen LogP contribution in [0.5, 0.6) is 0 Å². The summed E-state index contributed by atoms with van der Waals surface area (Å²) < 4.78 is 25.5. The number of carbonyl (C=O) groups is 1. The van der Waals surface area contributed by atoms with Gasteiger partial charge in [0.1, 0.15) is 0 Å². The Kier molecular flexibility index (Phi) is 2.84. The van der Waals surface area contributed by atoms with Crippen molar-refractivity contribution in [2.24, 2.45) is 0 Å². The minimum Gasteiger partial charge on any atom is -0.477 e. The normalized spacial score (nSPS) is 11.4. The molecule has 0 bridgehead atoms. The van der Waals surface area contributed by atoms with E-state index < -0.39 is 18.3 Å². The Morgan fingerprint density at radius 2 is 1.86 bits per heavy atom. The number of benzene rings is 1. The quantitative estimate of drug-likeness (QED) is 0.812. The van der Waals surface area contributed by atoms with Crippen LogP contribution in [0.1, 0.15) is 11.1 Å². The van der Waals surface area contributed by atoms with Gasteiger partial charge in [0.05, 0.1) is 0 Å². The van der Waals surface area contributed by atoms with Crippen molar-refractivity contribution in [1.29, 1.82) is 0 Å². The number of aryl methyl sites for hydroxylation is 1. The molecule has 4 heteroatoms. The second kappa shape index (κ2) is 3.74. The van der Waals surface area contributed by atoms with E-state index in [9.17, 15) is 13.6 Å². The van der Waals surface area contributed by atoms with Crippen molar-refractivity contribution in [3.05, 3.63) is 35.4 Å². The first-order valence-corrected chi connectivity index (χ1v) is 4.08. The van der Waals surface area contributed by atoms with Crippen LogP contribution in [0, 0.1) is 6.92 Å². The maximum Gasteiger partial charge on any atom is 0.374 e. The van der Waals surface area contributed by atoms with Gasteiger partial charge in [0.25, 0.3) is 0 Å². The maximum absolute atomic E-state index is 12.7. The van der Waals surface area contributed by atoms with Gasteiger partial charge in [0, 0.05) is 6.42 Å². The number of aliphatic carboxylic acids is 1. The van der Waals surface area contributed by atoms with Gasteiger partial charge in [-0.3, -0.25) is 0 Å². The van der Waals surface area contributed by atoms with E-state index >= 15 is 0 Å². The number of halogens is 2. The molecule has 0 amide bonds. The van der Waals surface area contributed by atoms with Crippen LogP contribution < -0.4 is 0 Å². The predicted octanol–water partition coefficient (Wildman–Crippen LogP) is 2.26. The predicted molar refractivity (Wildman–Crippen MR) is 47.5 cm³/mol. The van der Waals surface area contributed by atoms with Gasteiger partial charge in [0.15, 0.2) is 0 Å². The van der Waals surface area contributed by atoms with Crippen molar-refractivity contribution >= 4 is 5.97 Å². The zero-order valence-electron chi connectivity index (χ0n) is 7.63. The summed E-state index contributed by atoms with van der Waals surface area (Å²) in [5.41, 5.74) is 1.27. The van der Waals surface area contributed by atoms with E-state index in [1.165, 1.54) is 12.1 Å². The fraction of sp³-hybridized carbons (Fsp3) is 0.300. The lowest BCUT2D eigenvalue weighted by molar-refractivity contribution is -0.164. The van der Waals surface area contributed by atoms with E-state index in [2.05, 4.69) is 0 Å². The summed E-state index contributed by atoms with van der Waals surface area (Å²) in [4.78, 5) is 10.1. The lowest BCUT2D eigenvalue weighted by Gasteiger charge is -2.10. The van der Waals surface area contributed by atoms with Crippen molar-refractivity contribution in [3.8, 4) is 0 Å². The fourth-order valence-electron chi connectivity index (χ4n) is 1.04. The number of carboxylic acid groups (broad SMARTS) is 1. The van der Waals surface area contributed by atoms with Gasteiger partial charge in [-0.25, -0.2) is 4.79 Å². The third-order valence-electron chi connectivity index (χ3n) is 1.86. The summed E-state index contributed by atoms with van der Waals surface area (Å²) in [6.07, 6.45) is -0.761. The van der Waals surface area contributed by atoms with E-state index in [1.54, 1.807) is 12.1 Å². The fourth-order valence-corrected chi connectivity index (χ4v) is 1.04. The Labute approximate surface area is 80.2 Å². The van der Waals surface area contributed by atoms with E-state index in [-0.39, 0.29) is 0 Å². The molecule has 0 heterocycles. The molecular formula is C10H10F2O2. The Morgan fingerprint density at radius 3 is 2.29 bits per heavy atom. The average molecular weight is 200 g/mol. The molecule has 0 spiro atoms. The van der Waals surface area contributed by atoms with E-state index in [1.807, 2.05) is 6.92 Å². The third-order valence-corrected chi connectivity index (χ3v) is 1.86. The van der Waals surface area contributed by atoms with Gasteiger partial charge < -0.3 is 5.11 Å². The first kappa shape index (κ1) is 10.6. The Bertz CT molecular complexity index is 330. The number of alkyl halides is 2. The largest absolute Gasteiger partial charge is 0.477 e. The minimum absolute atomic E-state index is 0.322. The van der Waals surface area contributed by atoms with Crippen molar-refractivity contribution in [3.63, 3.8) is 0 Å². The Hall–Kier alpha value is -1.45. The third kappa shape index (κ3) is 2.52. The second-order valence-electron chi connectivity index (χ2n) is 3.17. The SMILES string of the molecule is Cc1ccc(CC(F)(F)C(=O)O)cc1. The zero-order chi connectivity index (χ0) is 10.8. The molecule has 1 aromatic carbocycles. The monoisotopic (exact) mass is 200 g/mol. The standard InChI is InChI=1S/C10H10F2O2/c1-7-2-4-8(5-3-7)6-10(11,12)9(13)14/h2-5H,6H2,1H3,(H,13,14). The maximum atomic E-state index is 12.7. The molecule has 0 radical (unpaired) electrons. The molecule has 1 N–H and O–H groups in total. The average Bonchev–Trinajstić information content (AvgIpc) is 2.08. The van der Waals surface area contributed by atoms with E-state index in [4.69, 9.17) is 5.11 Å². The lowest BCUT2D eigenvalue weighted by atomic mass is 10.1. The van der Waals surface area contributed by atoms with Crippen LogP contribution in [0.25, 0.3) is 0 Å². The molecule has 0 saturated carbocycles. The van der Waals surface area contributed by atoms with Gasteiger partial charge in [0.2, 0.25) is 0 Å². The van der Waals surface area contributed by atoms with Crippen LogP contribution in [0.4, 0.5) is 8.78 Å². The van der Waals surface area contributed by atoms with Gasteiger partial charge in [-0.05, 0) is 12.5 Å². The van der Waals surface area contributed by atoms with Crippen molar-refractivity contribution in [2.45, 2.75) is 19.3 Å². The number of rotatable bonds is 3. The summed E-state index contributed by atoms with van der Waals surface area (Å²) in [5.74, 6) is -5.77. The Morgan fingerprint density at radius 1 is 1.36 bits per heavy atom. The smallest absolute Gasteiger partial charge is 0.374 e. The van der Waals surface area contributed by atoms with Gasteiger partial charge in [-0.15, -0.1) is 0 Å². The molecule has 1 aromatic rings. The van der Waals surface area contributed by atoms with Gasteiger partial charge in [-0.2, -0.15) is 8.78 Å². The molecule has 0 saturated heterocycles. The molecule has 0 unspecified atom stereocenters. The van der Waals surface area contributed by atoms with Crippen LogP contribution in [-0.2, 0) is 11.2 Å². The molecule has 0 fully saturated rings. The first-order chi connectivity index (χ1) is 6.42. The van der Waals surface area contributed by atoms with Crippen LogP contribution in [-0.4, -0.2) is 17.0 Å². The van der Waals surface area contributed by atoms with Crippen LogP contribution in [0.3, 0.4) is 0 Å². The topological polar surface area (TPSA) is 37.3 Å².